The van der Waals surface area contributed by atoms with Crippen LogP contribution < -0.4 is 5.32 Å². The van der Waals surface area contributed by atoms with E-state index < -0.39 is 0 Å². The maximum atomic E-state index is 11.1. The SMILES string of the molecule is CC1CC(=C2CNC2)C(=O)O1.Cl. The fraction of sp³-hybridized carbons (Fsp3) is 0.625. The standard InChI is InChI=1S/C8H11NO2.ClH/c1-5-2-7(8(10)11-5)6-3-9-4-6;/h5,9H,2-4H2,1H3;1H. The number of cyclic esters (lactones) is 1. The van der Waals surface area contributed by atoms with Crippen LogP contribution in [0.1, 0.15) is 13.3 Å². The van der Waals surface area contributed by atoms with E-state index >= 15 is 0 Å². The molecule has 1 N–H and O–H groups in total. The molecule has 3 nitrogen and oxygen atoms in total. The van der Waals surface area contributed by atoms with Crippen molar-refractivity contribution >= 4 is 18.4 Å². The van der Waals surface area contributed by atoms with E-state index in [9.17, 15) is 4.79 Å². The summed E-state index contributed by atoms with van der Waals surface area (Å²) in [6.07, 6.45) is 0.890. The molecule has 2 fully saturated rings. The molecule has 68 valence electrons. The van der Waals surface area contributed by atoms with Gasteiger partial charge in [-0.05, 0) is 12.5 Å². The Balaban J connectivity index is 0.000000720. The van der Waals surface area contributed by atoms with Crippen molar-refractivity contribution in [1.82, 2.24) is 5.32 Å². The summed E-state index contributed by atoms with van der Waals surface area (Å²) in [4.78, 5) is 11.1. The van der Waals surface area contributed by atoms with Crippen LogP contribution in [0.25, 0.3) is 0 Å². The normalized spacial score (nSPS) is 27.8. The molecule has 0 aromatic heterocycles. The fourth-order valence-electron chi connectivity index (χ4n) is 1.42. The van der Waals surface area contributed by atoms with Gasteiger partial charge in [-0.1, -0.05) is 0 Å². The molecule has 0 amide bonds. The molecule has 0 spiro atoms. The smallest absolute Gasteiger partial charge is 0.334 e. The summed E-state index contributed by atoms with van der Waals surface area (Å²) in [5, 5.41) is 3.11. The highest BCUT2D eigenvalue weighted by Crippen LogP contribution is 2.24. The number of ether oxygens (including phenoxy) is 1. The van der Waals surface area contributed by atoms with E-state index in [1.54, 1.807) is 0 Å². The highest BCUT2D eigenvalue weighted by Gasteiger charge is 2.29. The predicted octanol–water partition coefficient (Wildman–Crippen LogP) is 0.643. The van der Waals surface area contributed by atoms with E-state index in [4.69, 9.17) is 4.74 Å². The predicted molar refractivity (Wildman–Crippen MR) is 47.3 cm³/mol. The lowest BCUT2D eigenvalue weighted by atomic mass is 10.0. The van der Waals surface area contributed by atoms with Crippen molar-refractivity contribution in [2.75, 3.05) is 13.1 Å². The van der Waals surface area contributed by atoms with E-state index in [2.05, 4.69) is 5.32 Å². The van der Waals surface area contributed by atoms with Gasteiger partial charge in [-0.2, -0.15) is 0 Å². The van der Waals surface area contributed by atoms with Crippen LogP contribution in [0.5, 0.6) is 0 Å². The second kappa shape index (κ2) is 3.46. The molecule has 2 saturated heterocycles. The number of esters is 1. The number of rotatable bonds is 0. The van der Waals surface area contributed by atoms with Crippen LogP contribution in [0.4, 0.5) is 0 Å². The van der Waals surface area contributed by atoms with Crippen LogP contribution in [0.3, 0.4) is 0 Å². The quantitative estimate of drug-likeness (QED) is 0.449. The highest BCUT2D eigenvalue weighted by molar-refractivity contribution is 5.92. The Morgan fingerprint density at radius 2 is 2.17 bits per heavy atom. The molecule has 0 saturated carbocycles. The lowest BCUT2D eigenvalue weighted by Crippen LogP contribution is -2.35. The zero-order valence-corrected chi connectivity index (χ0v) is 7.74. The maximum absolute atomic E-state index is 11.1. The average molecular weight is 190 g/mol. The minimum absolute atomic E-state index is 0. The highest BCUT2D eigenvalue weighted by atomic mass is 35.5. The summed E-state index contributed by atoms with van der Waals surface area (Å²) in [6.45, 7) is 3.67. The minimum Gasteiger partial charge on any atom is -0.459 e. The first-order chi connectivity index (χ1) is 5.27. The first-order valence-electron chi connectivity index (χ1n) is 3.90. The summed E-state index contributed by atoms with van der Waals surface area (Å²) in [5.41, 5.74) is 2.15. The molecule has 0 bridgehead atoms. The Kier molecular flexibility index (Phi) is 2.75. The number of nitrogens with one attached hydrogen (secondary N) is 1. The first-order valence-corrected chi connectivity index (χ1v) is 3.90. The molecule has 2 aliphatic rings. The minimum atomic E-state index is -0.103. The third-order valence-corrected chi connectivity index (χ3v) is 2.15. The number of hydrogen-bond acceptors (Lipinski definition) is 3. The molecular formula is C8H12ClNO2. The molecule has 0 aliphatic carbocycles. The third-order valence-electron chi connectivity index (χ3n) is 2.15. The van der Waals surface area contributed by atoms with Gasteiger partial charge in [-0.25, -0.2) is 4.79 Å². The molecule has 2 heterocycles. The number of carbonyl (C=O) groups excluding carboxylic acids is 1. The van der Waals surface area contributed by atoms with Gasteiger partial charge in [0.1, 0.15) is 6.10 Å². The van der Waals surface area contributed by atoms with E-state index in [1.807, 2.05) is 6.92 Å². The monoisotopic (exact) mass is 189 g/mol. The summed E-state index contributed by atoms with van der Waals surface area (Å²) in [6, 6.07) is 0. The van der Waals surface area contributed by atoms with Crippen LogP contribution in [0.15, 0.2) is 11.1 Å². The van der Waals surface area contributed by atoms with Gasteiger partial charge >= 0.3 is 5.97 Å². The van der Waals surface area contributed by atoms with Gasteiger partial charge in [0.2, 0.25) is 0 Å². The lowest BCUT2D eigenvalue weighted by molar-refractivity contribution is -0.138. The number of hydrogen-bond donors (Lipinski definition) is 1. The van der Waals surface area contributed by atoms with Gasteiger partial charge in [0, 0.05) is 25.1 Å². The van der Waals surface area contributed by atoms with Crippen LogP contribution in [-0.2, 0) is 9.53 Å². The van der Waals surface area contributed by atoms with Crippen molar-refractivity contribution in [3.8, 4) is 0 Å². The average Bonchev–Trinajstić information content (AvgIpc) is 2.07. The fourth-order valence-corrected chi connectivity index (χ4v) is 1.42. The first kappa shape index (κ1) is 9.55. The Morgan fingerprint density at radius 1 is 1.50 bits per heavy atom. The number of carbonyl (C=O) groups is 1. The molecule has 0 radical (unpaired) electrons. The van der Waals surface area contributed by atoms with Crippen molar-refractivity contribution in [3.05, 3.63) is 11.1 Å². The molecule has 2 rings (SSSR count). The zero-order chi connectivity index (χ0) is 7.84. The van der Waals surface area contributed by atoms with Gasteiger partial charge in [0.25, 0.3) is 0 Å². The molecule has 4 heteroatoms. The van der Waals surface area contributed by atoms with Gasteiger partial charge < -0.3 is 10.1 Å². The second-order valence-corrected chi connectivity index (χ2v) is 3.11. The summed E-state index contributed by atoms with van der Waals surface area (Å²) < 4.78 is 5.01. The van der Waals surface area contributed by atoms with E-state index in [-0.39, 0.29) is 24.5 Å². The van der Waals surface area contributed by atoms with Crippen LogP contribution in [0.2, 0.25) is 0 Å². The van der Waals surface area contributed by atoms with Crippen LogP contribution in [-0.4, -0.2) is 25.2 Å². The molecule has 1 unspecified atom stereocenters. The molecule has 0 aromatic rings. The Hall–Kier alpha value is -0.540. The Morgan fingerprint density at radius 3 is 2.50 bits per heavy atom. The van der Waals surface area contributed by atoms with Gasteiger partial charge in [-0.3, -0.25) is 0 Å². The van der Waals surface area contributed by atoms with Crippen molar-refractivity contribution in [2.45, 2.75) is 19.4 Å². The third kappa shape index (κ3) is 1.47. The van der Waals surface area contributed by atoms with Gasteiger partial charge in [0.05, 0.1) is 0 Å². The topological polar surface area (TPSA) is 38.3 Å². The van der Waals surface area contributed by atoms with Crippen LogP contribution >= 0.6 is 12.4 Å². The summed E-state index contributed by atoms with van der Waals surface area (Å²) in [7, 11) is 0. The van der Waals surface area contributed by atoms with Crippen LogP contribution in [0, 0.1) is 0 Å². The van der Waals surface area contributed by atoms with Crippen molar-refractivity contribution in [1.29, 1.82) is 0 Å². The summed E-state index contributed by atoms with van der Waals surface area (Å²) in [5.74, 6) is -0.103. The van der Waals surface area contributed by atoms with E-state index in [0.717, 1.165) is 25.1 Å². The lowest BCUT2D eigenvalue weighted by Gasteiger charge is -2.19. The largest absolute Gasteiger partial charge is 0.459 e. The van der Waals surface area contributed by atoms with Crippen molar-refractivity contribution < 1.29 is 9.53 Å². The van der Waals surface area contributed by atoms with Gasteiger partial charge in [-0.15, -0.1) is 12.4 Å². The maximum Gasteiger partial charge on any atom is 0.334 e. The molecular weight excluding hydrogens is 178 g/mol. The van der Waals surface area contributed by atoms with E-state index in [1.165, 1.54) is 5.57 Å². The van der Waals surface area contributed by atoms with Gasteiger partial charge in [0.15, 0.2) is 0 Å². The van der Waals surface area contributed by atoms with E-state index in [0.29, 0.717) is 0 Å². The van der Waals surface area contributed by atoms with Crippen molar-refractivity contribution in [2.24, 2.45) is 0 Å². The molecule has 1 atom stereocenters. The summed E-state index contributed by atoms with van der Waals surface area (Å²) >= 11 is 0. The molecule has 12 heavy (non-hydrogen) atoms. The molecule has 2 aliphatic heterocycles. The van der Waals surface area contributed by atoms with Crippen molar-refractivity contribution in [3.63, 3.8) is 0 Å². The second-order valence-electron chi connectivity index (χ2n) is 3.11. The number of halogens is 1. The Bertz CT molecular complexity index is 231. The zero-order valence-electron chi connectivity index (χ0n) is 6.92. The molecule has 0 aromatic carbocycles. The Labute approximate surface area is 77.6 Å².